The van der Waals surface area contributed by atoms with Gasteiger partial charge in [0.25, 0.3) is 0 Å². The lowest BCUT2D eigenvalue weighted by Crippen LogP contribution is -2.32. The van der Waals surface area contributed by atoms with Crippen LogP contribution in [0.15, 0.2) is 98.2 Å². The van der Waals surface area contributed by atoms with E-state index in [0.29, 0.717) is 5.76 Å². The topological polar surface area (TPSA) is 16.4 Å². The van der Waals surface area contributed by atoms with Crippen molar-refractivity contribution in [3.05, 3.63) is 105 Å². The highest BCUT2D eigenvalue weighted by Crippen LogP contribution is 2.37. The summed E-state index contributed by atoms with van der Waals surface area (Å²) in [7, 11) is 0. The van der Waals surface area contributed by atoms with Gasteiger partial charge in [-0.15, -0.1) is 13.2 Å². The highest BCUT2D eigenvalue weighted by Gasteiger charge is 2.22. The Morgan fingerprint density at radius 3 is 2.46 bits per heavy atom. The maximum atomic E-state index is 6.10. The lowest BCUT2D eigenvalue weighted by Gasteiger charge is -2.31. The highest BCUT2D eigenvalue weighted by molar-refractivity contribution is 5.98. The minimum Gasteiger partial charge on any atom is -0.454 e. The first-order valence-corrected chi connectivity index (χ1v) is 8.43. The third kappa shape index (κ3) is 3.55. The van der Waals surface area contributed by atoms with Crippen molar-refractivity contribution in [1.29, 1.82) is 0 Å². The van der Waals surface area contributed by atoms with Gasteiger partial charge in [-0.3, -0.25) is 0 Å². The monoisotopic (exact) mass is 343 g/mol. The molecule has 1 aromatic carbocycles. The van der Waals surface area contributed by atoms with E-state index in [-0.39, 0.29) is 6.04 Å². The zero-order valence-corrected chi connectivity index (χ0v) is 15.2. The number of anilines is 1. The van der Waals surface area contributed by atoms with Crippen molar-refractivity contribution < 1.29 is 4.42 Å². The van der Waals surface area contributed by atoms with Crippen molar-refractivity contribution in [2.75, 3.05) is 4.90 Å². The van der Waals surface area contributed by atoms with Crippen LogP contribution in [-0.4, -0.2) is 6.04 Å². The van der Waals surface area contributed by atoms with Crippen LogP contribution in [0.25, 0.3) is 23.1 Å². The van der Waals surface area contributed by atoms with E-state index in [2.05, 4.69) is 44.4 Å². The second-order valence-electron chi connectivity index (χ2n) is 5.73. The van der Waals surface area contributed by atoms with Crippen molar-refractivity contribution in [3.8, 4) is 0 Å². The summed E-state index contributed by atoms with van der Waals surface area (Å²) in [6.45, 7) is 23.5. The molecule has 0 amide bonds. The molecule has 2 rings (SSSR count). The van der Waals surface area contributed by atoms with Crippen LogP contribution in [0.5, 0.6) is 0 Å². The molecule has 0 N–H and O–H groups in total. The van der Waals surface area contributed by atoms with Gasteiger partial charge in [0.05, 0.1) is 11.7 Å². The second-order valence-corrected chi connectivity index (χ2v) is 5.73. The van der Waals surface area contributed by atoms with Gasteiger partial charge >= 0.3 is 0 Å². The zero-order chi connectivity index (χ0) is 19.1. The quantitative estimate of drug-likeness (QED) is 0.344. The van der Waals surface area contributed by atoms with Crippen LogP contribution in [0.3, 0.4) is 0 Å². The number of allylic oxidation sites excluding steroid dienone is 3. The summed E-state index contributed by atoms with van der Waals surface area (Å²) < 4.78 is 6.10. The summed E-state index contributed by atoms with van der Waals surface area (Å²) in [6, 6.07) is 6.02. The number of hydrogen-bond acceptors (Lipinski definition) is 2. The molecule has 1 heterocycles. The maximum absolute atomic E-state index is 6.10. The Hall–Kier alpha value is -3.26. The Labute approximate surface area is 156 Å². The fraction of sp³-hybridized carbons (Fsp3) is 0.0833. The SMILES string of the molecule is C=C/C=C\C(=C)N(c1cccc2c(C=C)c(C=C)oc12)C(C=C)CC=C. The number of nitrogens with zero attached hydrogens (tertiary/aromatic N) is 1. The van der Waals surface area contributed by atoms with E-state index in [0.717, 1.165) is 34.3 Å². The van der Waals surface area contributed by atoms with E-state index in [4.69, 9.17) is 4.42 Å². The Bertz CT molecular complexity index is 894. The Morgan fingerprint density at radius 2 is 1.88 bits per heavy atom. The third-order valence-electron chi connectivity index (χ3n) is 4.16. The number of rotatable bonds is 10. The predicted octanol–water partition coefficient (Wildman–Crippen LogP) is 6.91. The number of benzene rings is 1. The maximum Gasteiger partial charge on any atom is 0.159 e. The first kappa shape index (κ1) is 19.1. The normalized spacial score (nSPS) is 11.8. The predicted molar refractivity (Wildman–Crippen MR) is 116 cm³/mol. The van der Waals surface area contributed by atoms with Crippen LogP contribution in [0.1, 0.15) is 17.7 Å². The van der Waals surface area contributed by atoms with Gasteiger partial charge in [0.2, 0.25) is 0 Å². The van der Waals surface area contributed by atoms with Crippen molar-refractivity contribution in [2.45, 2.75) is 12.5 Å². The van der Waals surface area contributed by atoms with Crippen LogP contribution in [0, 0.1) is 0 Å². The average Bonchev–Trinajstić information content (AvgIpc) is 3.04. The minimum absolute atomic E-state index is 0.00970. The smallest absolute Gasteiger partial charge is 0.159 e. The van der Waals surface area contributed by atoms with Crippen molar-refractivity contribution in [2.24, 2.45) is 0 Å². The fourth-order valence-corrected chi connectivity index (χ4v) is 2.98. The molecule has 0 bridgehead atoms. The summed E-state index contributed by atoms with van der Waals surface area (Å²) >= 11 is 0. The number of fused-ring (bicyclic) bond motifs is 1. The first-order chi connectivity index (χ1) is 12.6. The molecule has 26 heavy (non-hydrogen) atoms. The lowest BCUT2D eigenvalue weighted by molar-refractivity contribution is 0.601. The molecular formula is C24H25NO. The van der Waals surface area contributed by atoms with E-state index in [1.165, 1.54) is 0 Å². The zero-order valence-electron chi connectivity index (χ0n) is 15.2. The molecule has 0 aliphatic rings. The second kappa shape index (κ2) is 8.72. The molecule has 1 atom stereocenters. The summed E-state index contributed by atoms with van der Waals surface area (Å²) in [5.74, 6) is 0.702. The molecule has 2 aromatic rings. The summed E-state index contributed by atoms with van der Waals surface area (Å²) in [6.07, 6.45) is 13.5. The molecule has 0 aliphatic heterocycles. The lowest BCUT2D eigenvalue weighted by atomic mass is 10.1. The first-order valence-electron chi connectivity index (χ1n) is 8.43. The average molecular weight is 343 g/mol. The molecule has 2 heteroatoms. The van der Waals surface area contributed by atoms with Crippen LogP contribution < -0.4 is 4.90 Å². The number of hydrogen-bond donors (Lipinski definition) is 0. The van der Waals surface area contributed by atoms with E-state index < -0.39 is 0 Å². The van der Waals surface area contributed by atoms with Gasteiger partial charge in [0.1, 0.15) is 5.76 Å². The molecule has 1 aromatic heterocycles. The van der Waals surface area contributed by atoms with Crippen LogP contribution in [0.2, 0.25) is 0 Å². The summed E-state index contributed by atoms with van der Waals surface area (Å²) in [5.41, 5.74) is 3.41. The Balaban J connectivity index is 2.74. The van der Waals surface area contributed by atoms with Crippen molar-refractivity contribution in [3.63, 3.8) is 0 Å². The molecule has 0 saturated heterocycles. The van der Waals surface area contributed by atoms with Gasteiger partial charge in [0.15, 0.2) is 5.58 Å². The standard InChI is InChI=1S/C24H25NO/c1-7-12-15-18(6)25(19(9-3)14-8-2)22-17-13-16-21-20(10-4)23(11-5)26-24(21)22/h7-13,15-17,19H,1-6,14H2/b15-12-. The molecule has 132 valence electrons. The third-order valence-corrected chi connectivity index (χ3v) is 4.16. The summed E-state index contributed by atoms with van der Waals surface area (Å²) in [5, 5.41) is 0.985. The number of para-hydroxylation sites is 1. The Kier molecular flexibility index (Phi) is 6.40. The van der Waals surface area contributed by atoms with Gasteiger partial charge < -0.3 is 9.32 Å². The molecular weight excluding hydrogens is 318 g/mol. The Morgan fingerprint density at radius 1 is 1.12 bits per heavy atom. The van der Waals surface area contributed by atoms with Crippen LogP contribution in [-0.2, 0) is 0 Å². The van der Waals surface area contributed by atoms with Gasteiger partial charge in [0, 0.05) is 16.6 Å². The van der Waals surface area contributed by atoms with Crippen molar-refractivity contribution in [1.82, 2.24) is 0 Å². The molecule has 0 saturated carbocycles. The minimum atomic E-state index is -0.00970. The summed E-state index contributed by atoms with van der Waals surface area (Å²) in [4.78, 5) is 2.10. The van der Waals surface area contributed by atoms with E-state index in [9.17, 15) is 0 Å². The van der Waals surface area contributed by atoms with Gasteiger partial charge in [-0.25, -0.2) is 0 Å². The van der Waals surface area contributed by atoms with Crippen LogP contribution in [0.4, 0.5) is 5.69 Å². The largest absolute Gasteiger partial charge is 0.454 e. The molecule has 1 unspecified atom stereocenters. The number of furan rings is 1. The van der Waals surface area contributed by atoms with E-state index in [1.807, 2.05) is 42.5 Å². The molecule has 0 radical (unpaired) electrons. The van der Waals surface area contributed by atoms with E-state index in [1.54, 1.807) is 18.2 Å². The molecule has 0 fully saturated rings. The van der Waals surface area contributed by atoms with Gasteiger partial charge in [-0.2, -0.15) is 0 Å². The molecule has 2 nitrogen and oxygen atoms in total. The van der Waals surface area contributed by atoms with Crippen LogP contribution >= 0.6 is 0 Å². The fourth-order valence-electron chi connectivity index (χ4n) is 2.98. The molecule has 0 spiro atoms. The van der Waals surface area contributed by atoms with Gasteiger partial charge in [-0.05, 0) is 24.6 Å². The van der Waals surface area contributed by atoms with Gasteiger partial charge in [-0.1, -0.05) is 68.8 Å². The van der Waals surface area contributed by atoms with Crippen molar-refractivity contribution >= 4 is 28.8 Å². The highest BCUT2D eigenvalue weighted by atomic mass is 16.3. The van der Waals surface area contributed by atoms with E-state index >= 15 is 0 Å². The molecule has 0 aliphatic carbocycles.